The van der Waals surface area contributed by atoms with Crippen LogP contribution in [0.2, 0.25) is 0 Å². The van der Waals surface area contributed by atoms with E-state index in [0.29, 0.717) is 6.42 Å². The molecule has 3 heteroatoms. The summed E-state index contributed by atoms with van der Waals surface area (Å²) in [6.45, 7) is 0. The minimum absolute atomic E-state index is 0.0757. The number of carbonyl (C=O) groups excluding carboxylic acids is 1. The topological polar surface area (TPSA) is 38.3 Å². The predicted molar refractivity (Wildman–Crippen MR) is 65.1 cm³/mol. The molecule has 1 saturated heterocycles. The first-order chi connectivity index (χ1) is 7.83. The van der Waals surface area contributed by atoms with Gasteiger partial charge in [0, 0.05) is 13.5 Å². The third-order valence-corrected chi connectivity index (χ3v) is 3.23. The molecule has 0 aliphatic carbocycles. The molecule has 0 spiro atoms. The van der Waals surface area contributed by atoms with Crippen LogP contribution in [0.1, 0.15) is 64.2 Å². The van der Waals surface area contributed by atoms with Gasteiger partial charge in [0.05, 0.1) is 0 Å². The van der Waals surface area contributed by atoms with Crippen molar-refractivity contribution in [2.24, 2.45) is 0 Å². The first-order valence-corrected chi connectivity index (χ1v) is 6.65. The molecule has 1 fully saturated rings. The Morgan fingerprint density at radius 3 is 2.19 bits per heavy atom. The minimum atomic E-state index is -0.0757. The largest absolute Gasteiger partial charge is 0.362 e. The van der Waals surface area contributed by atoms with Crippen molar-refractivity contribution in [2.75, 3.05) is 7.11 Å². The Labute approximate surface area is 98.9 Å². The lowest BCUT2D eigenvalue weighted by atomic mass is 10.1. The van der Waals surface area contributed by atoms with Crippen LogP contribution in [-0.4, -0.2) is 19.2 Å². The van der Waals surface area contributed by atoms with Crippen LogP contribution in [-0.2, 0) is 9.53 Å². The van der Waals surface area contributed by atoms with E-state index in [1.807, 2.05) is 0 Å². The summed E-state index contributed by atoms with van der Waals surface area (Å²) in [7, 11) is 1.67. The molecule has 94 valence electrons. The summed E-state index contributed by atoms with van der Waals surface area (Å²) in [5.74, 6) is 0.145. The zero-order valence-corrected chi connectivity index (χ0v) is 10.5. The molecule has 16 heavy (non-hydrogen) atoms. The van der Waals surface area contributed by atoms with Crippen molar-refractivity contribution in [1.29, 1.82) is 0 Å². The Bertz CT molecular complexity index is 194. The third-order valence-electron chi connectivity index (χ3n) is 3.23. The summed E-state index contributed by atoms with van der Waals surface area (Å²) in [6, 6.07) is 0. The Morgan fingerprint density at radius 2 is 1.56 bits per heavy atom. The van der Waals surface area contributed by atoms with Crippen LogP contribution in [0.5, 0.6) is 0 Å². The van der Waals surface area contributed by atoms with Gasteiger partial charge in [-0.3, -0.25) is 4.79 Å². The maximum atomic E-state index is 11.6. The van der Waals surface area contributed by atoms with E-state index in [2.05, 4.69) is 5.32 Å². The highest BCUT2D eigenvalue weighted by Gasteiger charge is 2.10. The average molecular weight is 227 g/mol. The highest BCUT2D eigenvalue weighted by Crippen LogP contribution is 2.13. The van der Waals surface area contributed by atoms with Gasteiger partial charge in [0.15, 0.2) is 0 Å². The van der Waals surface area contributed by atoms with Crippen molar-refractivity contribution in [3.8, 4) is 0 Å². The number of rotatable bonds is 1. The van der Waals surface area contributed by atoms with Gasteiger partial charge in [-0.05, 0) is 19.3 Å². The van der Waals surface area contributed by atoms with Crippen LogP contribution in [0, 0.1) is 0 Å². The molecule has 1 aliphatic heterocycles. The number of ether oxygens (including phenoxy) is 1. The fraction of sp³-hybridized carbons (Fsp3) is 0.923. The predicted octanol–water partition coefficient (Wildman–Crippen LogP) is 2.99. The first-order valence-electron chi connectivity index (χ1n) is 6.65. The minimum Gasteiger partial charge on any atom is -0.362 e. The summed E-state index contributed by atoms with van der Waals surface area (Å²) in [5.41, 5.74) is 0. The van der Waals surface area contributed by atoms with Crippen molar-refractivity contribution < 1.29 is 9.53 Å². The third kappa shape index (κ3) is 6.11. The molecule has 1 atom stereocenters. The van der Waals surface area contributed by atoms with Gasteiger partial charge in [-0.1, -0.05) is 38.5 Å². The number of hydrogen-bond donors (Lipinski definition) is 1. The number of nitrogens with one attached hydrogen (secondary N) is 1. The second-order valence-electron chi connectivity index (χ2n) is 4.66. The van der Waals surface area contributed by atoms with Crippen LogP contribution < -0.4 is 5.32 Å². The van der Waals surface area contributed by atoms with Gasteiger partial charge in [-0.2, -0.15) is 0 Å². The standard InChI is InChI=1S/C13H25NO2/c1-16-13-11-9-7-5-3-2-4-6-8-10-12(15)14-13/h13H,2-11H2,1H3,(H,14,15). The normalized spacial score (nSPS) is 26.1. The van der Waals surface area contributed by atoms with Gasteiger partial charge in [0.1, 0.15) is 6.23 Å². The average Bonchev–Trinajstić information content (AvgIpc) is 2.30. The van der Waals surface area contributed by atoms with Gasteiger partial charge in [-0.25, -0.2) is 0 Å². The Hall–Kier alpha value is -0.570. The molecule has 0 aromatic heterocycles. The van der Waals surface area contributed by atoms with Crippen molar-refractivity contribution in [1.82, 2.24) is 5.32 Å². The maximum Gasteiger partial charge on any atom is 0.221 e. The fourth-order valence-corrected chi connectivity index (χ4v) is 2.18. The van der Waals surface area contributed by atoms with Crippen LogP contribution in [0.15, 0.2) is 0 Å². The van der Waals surface area contributed by atoms with Gasteiger partial charge in [0.25, 0.3) is 0 Å². The van der Waals surface area contributed by atoms with Gasteiger partial charge >= 0.3 is 0 Å². The van der Waals surface area contributed by atoms with Gasteiger partial charge < -0.3 is 10.1 Å². The quantitative estimate of drug-likeness (QED) is 0.748. The van der Waals surface area contributed by atoms with E-state index in [1.54, 1.807) is 7.11 Å². The Kier molecular flexibility index (Phi) is 7.23. The van der Waals surface area contributed by atoms with E-state index in [0.717, 1.165) is 19.3 Å². The van der Waals surface area contributed by atoms with Crippen molar-refractivity contribution >= 4 is 5.91 Å². The van der Waals surface area contributed by atoms with E-state index in [1.165, 1.54) is 38.5 Å². The molecule has 0 aromatic carbocycles. The second-order valence-corrected chi connectivity index (χ2v) is 4.66. The molecule has 1 heterocycles. The molecule has 0 saturated carbocycles. The first kappa shape index (κ1) is 13.5. The molecule has 1 aliphatic rings. The van der Waals surface area contributed by atoms with Crippen LogP contribution in [0.4, 0.5) is 0 Å². The zero-order chi connectivity index (χ0) is 11.6. The Balaban J connectivity index is 2.32. The zero-order valence-electron chi connectivity index (χ0n) is 10.5. The molecule has 1 amide bonds. The van der Waals surface area contributed by atoms with E-state index < -0.39 is 0 Å². The summed E-state index contributed by atoms with van der Waals surface area (Å²) in [4.78, 5) is 11.6. The summed E-state index contributed by atoms with van der Waals surface area (Å²) in [6.07, 6.45) is 11.4. The summed E-state index contributed by atoms with van der Waals surface area (Å²) < 4.78 is 5.26. The molecule has 3 nitrogen and oxygen atoms in total. The van der Waals surface area contributed by atoms with Crippen LogP contribution in [0.3, 0.4) is 0 Å². The highest BCUT2D eigenvalue weighted by molar-refractivity contribution is 5.75. The monoisotopic (exact) mass is 227 g/mol. The van der Waals surface area contributed by atoms with E-state index in [9.17, 15) is 4.79 Å². The highest BCUT2D eigenvalue weighted by atomic mass is 16.5. The molecule has 0 aromatic rings. The van der Waals surface area contributed by atoms with Crippen molar-refractivity contribution in [3.63, 3.8) is 0 Å². The van der Waals surface area contributed by atoms with E-state index in [4.69, 9.17) is 4.74 Å². The maximum absolute atomic E-state index is 11.6. The molecule has 1 unspecified atom stereocenters. The van der Waals surface area contributed by atoms with E-state index in [-0.39, 0.29) is 12.1 Å². The molecule has 1 N–H and O–H groups in total. The fourth-order valence-electron chi connectivity index (χ4n) is 2.18. The summed E-state index contributed by atoms with van der Waals surface area (Å²) in [5, 5.41) is 2.94. The summed E-state index contributed by atoms with van der Waals surface area (Å²) >= 11 is 0. The SMILES string of the molecule is COC1CCCCCCCCCCC(=O)N1. The number of carbonyl (C=O) groups is 1. The molecular weight excluding hydrogens is 202 g/mol. The van der Waals surface area contributed by atoms with Crippen LogP contribution in [0.25, 0.3) is 0 Å². The lowest BCUT2D eigenvalue weighted by Gasteiger charge is -2.16. The number of methoxy groups -OCH3 is 1. The van der Waals surface area contributed by atoms with Gasteiger partial charge in [0.2, 0.25) is 5.91 Å². The number of hydrogen-bond acceptors (Lipinski definition) is 2. The Morgan fingerprint density at radius 1 is 1.00 bits per heavy atom. The van der Waals surface area contributed by atoms with Gasteiger partial charge in [-0.15, -0.1) is 0 Å². The molecule has 0 bridgehead atoms. The molecule has 0 radical (unpaired) electrons. The van der Waals surface area contributed by atoms with Crippen molar-refractivity contribution in [2.45, 2.75) is 70.4 Å². The van der Waals surface area contributed by atoms with Crippen LogP contribution >= 0.6 is 0 Å². The second kappa shape index (κ2) is 8.57. The lowest BCUT2D eigenvalue weighted by Crippen LogP contribution is -2.35. The van der Waals surface area contributed by atoms with Crippen molar-refractivity contribution in [3.05, 3.63) is 0 Å². The number of amides is 1. The van der Waals surface area contributed by atoms with E-state index >= 15 is 0 Å². The molecular formula is C13H25NO2. The lowest BCUT2D eigenvalue weighted by molar-refractivity contribution is -0.125. The molecule has 1 rings (SSSR count). The smallest absolute Gasteiger partial charge is 0.221 e.